The van der Waals surface area contributed by atoms with E-state index in [1.54, 1.807) is 12.1 Å². The molecule has 0 bridgehead atoms. The highest BCUT2D eigenvalue weighted by Gasteiger charge is 2.15. The lowest BCUT2D eigenvalue weighted by atomic mass is 9.89. The second kappa shape index (κ2) is 7.78. The van der Waals surface area contributed by atoms with Crippen molar-refractivity contribution in [1.82, 2.24) is 10.3 Å². The topological polar surface area (TPSA) is 63.4 Å². The van der Waals surface area contributed by atoms with E-state index >= 15 is 0 Å². The number of aromatic amines is 1. The van der Waals surface area contributed by atoms with Crippen LogP contribution in [0.25, 0.3) is 10.9 Å². The summed E-state index contributed by atoms with van der Waals surface area (Å²) in [6, 6.07) is 9.44. The number of nitrogens with one attached hydrogen (secondary N) is 2. The first-order chi connectivity index (χ1) is 13.0. The third-order valence-corrected chi connectivity index (χ3v) is 4.82. The molecule has 1 amide bonds. The Bertz CT molecular complexity index is 995. The third kappa shape index (κ3) is 3.65. The van der Waals surface area contributed by atoms with Crippen molar-refractivity contribution in [3.05, 3.63) is 52.7 Å². The van der Waals surface area contributed by atoms with Gasteiger partial charge in [0.15, 0.2) is 11.5 Å². The van der Waals surface area contributed by atoms with E-state index in [4.69, 9.17) is 17.3 Å². The summed E-state index contributed by atoms with van der Waals surface area (Å²) >= 11 is 0. The van der Waals surface area contributed by atoms with Crippen molar-refractivity contribution >= 4 is 30.1 Å². The molecule has 1 aromatic heterocycles. The van der Waals surface area contributed by atoms with Gasteiger partial charge >= 0.3 is 0 Å². The molecule has 0 fully saturated rings. The first kappa shape index (κ1) is 18.9. The van der Waals surface area contributed by atoms with Gasteiger partial charge in [0.25, 0.3) is 5.91 Å². The highest BCUT2D eigenvalue weighted by Crippen LogP contribution is 2.27. The smallest absolute Gasteiger partial charge is 0.250 e. The molecule has 6 heteroatoms. The van der Waals surface area contributed by atoms with Gasteiger partial charge in [0.05, 0.1) is 14.2 Å². The van der Waals surface area contributed by atoms with Gasteiger partial charge in [0, 0.05) is 28.7 Å². The first-order valence-electron chi connectivity index (χ1n) is 8.82. The summed E-state index contributed by atoms with van der Waals surface area (Å²) in [5.74, 6) is 0.735. The molecule has 138 valence electrons. The van der Waals surface area contributed by atoms with Gasteiger partial charge in [-0.3, -0.25) is 4.79 Å². The number of para-hydroxylation sites is 1. The number of fused-ring (bicyclic) bond motifs is 1. The summed E-state index contributed by atoms with van der Waals surface area (Å²) in [6.07, 6.45) is 0.730. The molecule has 0 aliphatic rings. The van der Waals surface area contributed by atoms with Gasteiger partial charge in [0.1, 0.15) is 7.85 Å². The minimum atomic E-state index is -0.234. The standard InChI is InChI=1S/C21H23BN2O3/c1-12-6-5-7-15-14(13(2)24-20(12)15)8-9-23-21(25)16-10-18(26-3)19(27-4)11-17(16)22/h5-7,10-11,24H,8-9H2,1-4H3,(H,23,25). The summed E-state index contributed by atoms with van der Waals surface area (Å²) in [7, 11) is 9.06. The van der Waals surface area contributed by atoms with Crippen molar-refractivity contribution in [3.63, 3.8) is 0 Å². The number of amides is 1. The Hall–Kier alpha value is -2.89. The molecule has 27 heavy (non-hydrogen) atoms. The van der Waals surface area contributed by atoms with Gasteiger partial charge in [-0.25, -0.2) is 0 Å². The number of H-pyrrole nitrogens is 1. The maximum atomic E-state index is 12.6. The van der Waals surface area contributed by atoms with Crippen LogP contribution in [0, 0.1) is 13.8 Å². The van der Waals surface area contributed by atoms with Crippen molar-refractivity contribution in [2.75, 3.05) is 20.8 Å². The predicted octanol–water partition coefficient (Wildman–Crippen LogP) is 2.57. The number of aromatic nitrogens is 1. The van der Waals surface area contributed by atoms with Crippen LogP contribution in [0.2, 0.25) is 0 Å². The minimum Gasteiger partial charge on any atom is -0.493 e. The largest absolute Gasteiger partial charge is 0.493 e. The summed E-state index contributed by atoms with van der Waals surface area (Å²) in [5, 5.41) is 4.15. The summed E-state index contributed by atoms with van der Waals surface area (Å²) < 4.78 is 10.5. The van der Waals surface area contributed by atoms with Crippen LogP contribution >= 0.6 is 0 Å². The summed E-state index contributed by atoms with van der Waals surface area (Å²) in [4.78, 5) is 16.0. The maximum Gasteiger partial charge on any atom is 0.250 e. The fourth-order valence-corrected chi connectivity index (χ4v) is 3.36. The van der Waals surface area contributed by atoms with E-state index in [0.29, 0.717) is 29.1 Å². The van der Waals surface area contributed by atoms with Crippen LogP contribution in [0.3, 0.4) is 0 Å². The van der Waals surface area contributed by atoms with Crippen LogP contribution in [-0.2, 0) is 6.42 Å². The molecule has 2 N–H and O–H groups in total. The predicted molar refractivity (Wildman–Crippen MR) is 109 cm³/mol. The molecule has 3 rings (SSSR count). The molecule has 0 saturated carbocycles. The molecule has 5 nitrogen and oxygen atoms in total. The van der Waals surface area contributed by atoms with Crippen molar-refractivity contribution in [1.29, 1.82) is 0 Å². The quantitative estimate of drug-likeness (QED) is 0.663. The monoisotopic (exact) mass is 362 g/mol. The number of benzene rings is 2. The van der Waals surface area contributed by atoms with Crippen molar-refractivity contribution in [2.45, 2.75) is 20.3 Å². The Morgan fingerprint density at radius 3 is 2.56 bits per heavy atom. The van der Waals surface area contributed by atoms with Crippen LogP contribution in [-0.4, -0.2) is 39.5 Å². The highest BCUT2D eigenvalue weighted by molar-refractivity contribution is 6.36. The number of carbonyl (C=O) groups excluding carboxylic acids is 1. The normalized spacial score (nSPS) is 10.8. The van der Waals surface area contributed by atoms with Gasteiger partial charge in [-0.2, -0.15) is 0 Å². The van der Waals surface area contributed by atoms with Crippen LogP contribution < -0.4 is 20.3 Å². The van der Waals surface area contributed by atoms with E-state index in [0.717, 1.165) is 17.6 Å². The van der Waals surface area contributed by atoms with Crippen molar-refractivity contribution in [2.24, 2.45) is 0 Å². The lowest BCUT2D eigenvalue weighted by Gasteiger charge is -2.13. The Morgan fingerprint density at radius 2 is 1.85 bits per heavy atom. The summed E-state index contributed by atoms with van der Waals surface area (Å²) in [6.45, 7) is 4.65. The van der Waals surface area contributed by atoms with Gasteiger partial charge in [-0.05, 0) is 43.5 Å². The van der Waals surface area contributed by atoms with Gasteiger partial charge in [-0.1, -0.05) is 23.7 Å². The number of methoxy groups -OCH3 is 2. The van der Waals surface area contributed by atoms with E-state index in [-0.39, 0.29) is 5.91 Å². The number of hydrogen-bond acceptors (Lipinski definition) is 3. The molecule has 0 aliphatic heterocycles. The van der Waals surface area contributed by atoms with Crippen LogP contribution in [0.4, 0.5) is 0 Å². The van der Waals surface area contributed by atoms with Gasteiger partial charge in [-0.15, -0.1) is 0 Å². The molecular formula is C21H23BN2O3. The van der Waals surface area contributed by atoms with Crippen molar-refractivity contribution < 1.29 is 14.3 Å². The van der Waals surface area contributed by atoms with Gasteiger partial charge < -0.3 is 19.8 Å². The number of carbonyl (C=O) groups is 1. The number of rotatable bonds is 6. The zero-order valence-electron chi connectivity index (χ0n) is 16.1. The van der Waals surface area contributed by atoms with E-state index < -0.39 is 0 Å². The lowest BCUT2D eigenvalue weighted by Crippen LogP contribution is -2.30. The fourth-order valence-electron chi connectivity index (χ4n) is 3.36. The van der Waals surface area contributed by atoms with Crippen LogP contribution in [0.5, 0.6) is 11.5 Å². The third-order valence-electron chi connectivity index (χ3n) is 4.82. The SMILES string of the molecule is [B]c1cc(OC)c(OC)cc1C(=O)NCCc1c(C)[nH]c2c(C)cccc12. The summed E-state index contributed by atoms with van der Waals surface area (Å²) in [5.41, 5.74) is 5.43. The Labute approximate surface area is 160 Å². The molecular weight excluding hydrogens is 339 g/mol. The zero-order chi connectivity index (χ0) is 19.6. The van der Waals surface area contributed by atoms with Crippen LogP contribution in [0.15, 0.2) is 30.3 Å². The molecule has 0 unspecified atom stereocenters. The molecule has 3 aromatic rings. The average Bonchev–Trinajstić information content (AvgIpc) is 2.98. The van der Waals surface area contributed by atoms with Gasteiger partial charge in [0.2, 0.25) is 0 Å². The molecule has 0 saturated heterocycles. The molecule has 0 spiro atoms. The Kier molecular flexibility index (Phi) is 5.45. The highest BCUT2D eigenvalue weighted by atomic mass is 16.5. The lowest BCUT2D eigenvalue weighted by molar-refractivity contribution is 0.0955. The van der Waals surface area contributed by atoms with E-state index in [1.165, 1.54) is 30.7 Å². The molecule has 2 radical (unpaired) electrons. The number of ether oxygens (including phenoxy) is 2. The second-order valence-electron chi connectivity index (χ2n) is 6.53. The Balaban J connectivity index is 1.74. The molecule has 0 aliphatic carbocycles. The maximum absolute atomic E-state index is 12.6. The number of aryl methyl sites for hydroxylation is 2. The van der Waals surface area contributed by atoms with E-state index in [9.17, 15) is 4.79 Å². The first-order valence-corrected chi connectivity index (χ1v) is 8.82. The molecule has 1 heterocycles. The van der Waals surface area contributed by atoms with Crippen molar-refractivity contribution in [3.8, 4) is 11.5 Å². The zero-order valence-corrected chi connectivity index (χ0v) is 16.1. The Morgan fingerprint density at radius 1 is 1.15 bits per heavy atom. The van der Waals surface area contributed by atoms with E-state index in [1.807, 2.05) is 0 Å². The fraction of sp³-hybridized carbons (Fsp3) is 0.286. The average molecular weight is 362 g/mol. The second-order valence-corrected chi connectivity index (χ2v) is 6.53. The minimum absolute atomic E-state index is 0.234. The van der Waals surface area contributed by atoms with Crippen LogP contribution in [0.1, 0.15) is 27.2 Å². The molecule has 2 aromatic carbocycles. The number of hydrogen-bond donors (Lipinski definition) is 2. The van der Waals surface area contributed by atoms with E-state index in [2.05, 4.69) is 42.3 Å². The molecule has 0 atom stereocenters.